The molecule has 40 heavy (non-hydrogen) atoms. The molecule has 0 fully saturated rings. The van der Waals surface area contributed by atoms with Crippen LogP contribution < -0.4 is 4.90 Å². The van der Waals surface area contributed by atoms with Crippen LogP contribution in [-0.2, 0) is 28.6 Å². The molecule has 1 aliphatic rings. The molecule has 2 amide bonds. The van der Waals surface area contributed by atoms with Crippen LogP contribution in [0.4, 0.5) is 14.5 Å². The van der Waals surface area contributed by atoms with E-state index >= 15 is 4.39 Å². The molecule has 0 saturated heterocycles. The normalized spacial score (nSPS) is 13.9. The van der Waals surface area contributed by atoms with Gasteiger partial charge >= 0.3 is 11.9 Å². The number of anilines is 1. The van der Waals surface area contributed by atoms with Crippen LogP contribution in [0.15, 0.2) is 52.4 Å². The Morgan fingerprint density at radius 1 is 1.05 bits per heavy atom. The van der Waals surface area contributed by atoms with E-state index in [2.05, 4.69) is 0 Å². The lowest BCUT2D eigenvalue weighted by molar-refractivity contribution is -0.151. The largest absolute Gasteiger partial charge is 0.468 e. The van der Waals surface area contributed by atoms with Crippen molar-refractivity contribution in [2.75, 3.05) is 25.4 Å². The van der Waals surface area contributed by atoms with Gasteiger partial charge in [0.25, 0.3) is 11.8 Å². The zero-order valence-corrected chi connectivity index (χ0v) is 23.7. The quantitative estimate of drug-likeness (QED) is 0.111. The van der Waals surface area contributed by atoms with E-state index < -0.39 is 46.3 Å². The molecule has 0 bridgehead atoms. The van der Waals surface area contributed by atoms with E-state index in [1.54, 1.807) is 13.8 Å². The third-order valence-corrected chi connectivity index (χ3v) is 7.57. The monoisotopic (exact) mass is 595 g/mol. The molecule has 0 N–H and O–H groups in total. The summed E-state index contributed by atoms with van der Waals surface area (Å²) < 4.78 is 44.4. The lowest BCUT2D eigenvalue weighted by Gasteiger charge is -2.27. The number of carbonyl (C=O) groups excluding carboxylic acids is 4. The Hall–Kier alpha value is -3.28. The van der Waals surface area contributed by atoms with Crippen LogP contribution >= 0.6 is 23.4 Å². The van der Waals surface area contributed by atoms with Crippen LogP contribution in [0.5, 0.6) is 0 Å². The van der Waals surface area contributed by atoms with Gasteiger partial charge in [0.2, 0.25) is 0 Å². The number of nitrogens with zero attached hydrogens (tertiary/aromatic N) is 1. The molecule has 0 spiro atoms. The summed E-state index contributed by atoms with van der Waals surface area (Å²) in [5.41, 5.74) is -0.680. The van der Waals surface area contributed by atoms with Gasteiger partial charge in [-0.05, 0) is 69.9 Å². The first kappa shape index (κ1) is 31.3. The molecule has 12 heteroatoms. The fraction of sp³-hybridized carbons (Fsp3) is 0.357. The maximum absolute atomic E-state index is 15.5. The summed E-state index contributed by atoms with van der Waals surface area (Å²) in [7, 11) is 1.21. The number of hydrogen-bond donors (Lipinski definition) is 0. The topological polar surface area (TPSA) is 99.2 Å². The van der Waals surface area contributed by atoms with Gasteiger partial charge < -0.3 is 14.2 Å². The predicted octanol–water partition coefficient (Wildman–Crippen LogP) is 5.85. The van der Waals surface area contributed by atoms with Crippen LogP contribution in [0.1, 0.15) is 49.9 Å². The van der Waals surface area contributed by atoms with Gasteiger partial charge in [-0.15, -0.1) is 11.8 Å². The van der Waals surface area contributed by atoms with Crippen molar-refractivity contribution < 1.29 is 42.2 Å². The van der Waals surface area contributed by atoms with Gasteiger partial charge in [0.15, 0.2) is 6.79 Å². The van der Waals surface area contributed by atoms with E-state index in [0.717, 1.165) is 36.0 Å². The average molecular weight is 596 g/mol. The number of hydrogen-bond acceptors (Lipinski definition) is 8. The standard InChI is InChI=1S/C28H28ClF2NO7S/c1-4-38-15-39-28(36)20-11-6-5-10-19(20)26(34)32(25(33)17-8-7-9-18(30)12-17)23-14-24(21(29)13-22(23)31)40-16(2)27(35)37-3/h7-9,12-14,16H,4-6,10-11,15H2,1-3H3. The van der Waals surface area contributed by atoms with Crippen molar-refractivity contribution in [3.05, 3.63) is 69.8 Å². The van der Waals surface area contributed by atoms with Crippen molar-refractivity contribution >= 4 is 52.8 Å². The lowest BCUT2D eigenvalue weighted by atomic mass is 9.90. The number of benzene rings is 2. The minimum Gasteiger partial charge on any atom is -0.468 e. The van der Waals surface area contributed by atoms with Crippen LogP contribution in [0, 0.1) is 11.6 Å². The highest BCUT2D eigenvalue weighted by Crippen LogP contribution is 2.38. The number of carbonyl (C=O) groups is 4. The number of thioether (sulfide) groups is 1. The molecule has 2 aromatic carbocycles. The molecule has 214 valence electrons. The van der Waals surface area contributed by atoms with Crippen molar-refractivity contribution in [1.82, 2.24) is 0 Å². The van der Waals surface area contributed by atoms with Crippen LogP contribution in [0.3, 0.4) is 0 Å². The number of imide groups is 1. The number of esters is 2. The molecule has 2 aromatic rings. The zero-order chi connectivity index (χ0) is 29.4. The van der Waals surface area contributed by atoms with Crippen LogP contribution in [-0.4, -0.2) is 49.5 Å². The van der Waals surface area contributed by atoms with E-state index in [1.165, 1.54) is 19.2 Å². The zero-order valence-electron chi connectivity index (χ0n) is 22.1. The second-order valence-electron chi connectivity index (χ2n) is 8.68. The molecule has 0 saturated carbocycles. The van der Waals surface area contributed by atoms with Gasteiger partial charge in [-0.1, -0.05) is 17.7 Å². The highest BCUT2D eigenvalue weighted by Gasteiger charge is 2.35. The predicted molar refractivity (Wildman–Crippen MR) is 145 cm³/mol. The smallest absolute Gasteiger partial charge is 0.336 e. The first-order valence-corrected chi connectivity index (χ1v) is 13.7. The van der Waals surface area contributed by atoms with E-state index in [4.69, 9.17) is 25.8 Å². The highest BCUT2D eigenvalue weighted by atomic mass is 35.5. The average Bonchev–Trinajstić information content (AvgIpc) is 2.94. The van der Waals surface area contributed by atoms with Gasteiger partial charge in [-0.3, -0.25) is 14.4 Å². The molecule has 0 aromatic heterocycles. The Kier molecular flexibility index (Phi) is 11.2. The van der Waals surface area contributed by atoms with E-state index in [1.807, 2.05) is 0 Å². The molecular formula is C28H28ClF2NO7S. The first-order valence-electron chi connectivity index (χ1n) is 12.4. The number of halogens is 3. The minimum atomic E-state index is -1.03. The maximum atomic E-state index is 15.5. The summed E-state index contributed by atoms with van der Waals surface area (Å²) in [4.78, 5) is 53.2. The van der Waals surface area contributed by atoms with Gasteiger partial charge in [0.05, 0.1) is 17.8 Å². The van der Waals surface area contributed by atoms with Crippen molar-refractivity contribution in [3.63, 3.8) is 0 Å². The van der Waals surface area contributed by atoms with Gasteiger partial charge in [0.1, 0.15) is 16.9 Å². The number of methoxy groups -OCH3 is 1. The molecule has 0 heterocycles. The third kappa shape index (κ3) is 7.47. The summed E-state index contributed by atoms with van der Waals surface area (Å²) in [6.45, 7) is 3.25. The molecule has 3 rings (SSSR count). The molecule has 1 aliphatic carbocycles. The molecule has 1 unspecified atom stereocenters. The van der Waals surface area contributed by atoms with Crippen molar-refractivity contribution in [1.29, 1.82) is 0 Å². The molecule has 8 nitrogen and oxygen atoms in total. The molecule has 1 atom stereocenters. The second kappa shape index (κ2) is 14.4. The van der Waals surface area contributed by atoms with Crippen LogP contribution in [0.2, 0.25) is 5.02 Å². The third-order valence-electron chi connectivity index (χ3n) is 6.01. The Bertz CT molecular complexity index is 1330. The van der Waals surface area contributed by atoms with E-state index in [0.29, 0.717) is 24.3 Å². The summed E-state index contributed by atoms with van der Waals surface area (Å²) >= 11 is 7.17. The molecular weight excluding hydrogens is 568 g/mol. The summed E-state index contributed by atoms with van der Waals surface area (Å²) in [6, 6.07) is 6.66. The lowest BCUT2D eigenvalue weighted by Crippen LogP contribution is -2.40. The second-order valence-corrected chi connectivity index (χ2v) is 10.5. The van der Waals surface area contributed by atoms with E-state index in [9.17, 15) is 23.6 Å². The molecule has 0 radical (unpaired) electrons. The van der Waals surface area contributed by atoms with Crippen LogP contribution in [0.25, 0.3) is 0 Å². The summed E-state index contributed by atoms with van der Waals surface area (Å²) in [5.74, 6) is -5.10. The summed E-state index contributed by atoms with van der Waals surface area (Å²) in [6.07, 6.45) is 1.46. The SMILES string of the molecule is CCOCOC(=O)C1=C(C(=O)N(C(=O)c2cccc(F)c2)c2cc(SC(C)C(=O)OC)c(Cl)cc2F)CCCC1. The Balaban J connectivity index is 2.15. The Morgan fingerprint density at radius 3 is 2.40 bits per heavy atom. The number of ether oxygens (including phenoxy) is 3. The number of amides is 2. The van der Waals surface area contributed by atoms with Gasteiger partial charge in [-0.2, -0.15) is 0 Å². The first-order chi connectivity index (χ1) is 19.1. The van der Waals surface area contributed by atoms with Crippen molar-refractivity contribution in [2.24, 2.45) is 0 Å². The maximum Gasteiger partial charge on any atom is 0.336 e. The van der Waals surface area contributed by atoms with Gasteiger partial charge in [0, 0.05) is 28.2 Å². The Morgan fingerprint density at radius 2 is 1.75 bits per heavy atom. The highest BCUT2D eigenvalue weighted by molar-refractivity contribution is 8.00. The minimum absolute atomic E-state index is 0.0241. The fourth-order valence-electron chi connectivity index (χ4n) is 4.01. The Labute approximate surface area is 239 Å². The molecule has 0 aliphatic heterocycles. The van der Waals surface area contributed by atoms with Gasteiger partial charge in [-0.25, -0.2) is 18.5 Å². The van der Waals surface area contributed by atoms with E-state index in [-0.39, 0.29) is 46.3 Å². The number of rotatable bonds is 10. The fourth-order valence-corrected chi connectivity index (χ4v) is 5.22. The summed E-state index contributed by atoms with van der Waals surface area (Å²) in [5, 5.41) is -0.818. The van der Waals surface area contributed by atoms with Crippen molar-refractivity contribution in [2.45, 2.75) is 49.7 Å². The van der Waals surface area contributed by atoms with Crippen molar-refractivity contribution in [3.8, 4) is 0 Å².